The van der Waals surface area contributed by atoms with Crippen LogP contribution in [0.5, 0.6) is 0 Å². The van der Waals surface area contributed by atoms with E-state index in [1.807, 2.05) is 18.2 Å². The van der Waals surface area contributed by atoms with E-state index in [-0.39, 0.29) is 35.6 Å². The second kappa shape index (κ2) is 9.01. The van der Waals surface area contributed by atoms with E-state index in [0.29, 0.717) is 24.5 Å². The van der Waals surface area contributed by atoms with Crippen molar-refractivity contribution in [3.63, 3.8) is 0 Å². The molecule has 1 aliphatic carbocycles. The van der Waals surface area contributed by atoms with Gasteiger partial charge in [0.15, 0.2) is 0 Å². The number of likely N-dealkylation sites (N-methyl/N-ethyl adjacent to an activating group) is 1. The van der Waals surface area contributed by atoms with Crippen LogP contribution in [0.1, 0.15) is 48.4 Å². The standard InChI is InChI=1S/C23H27N3O5S/c1-26(12-13-27)32(30,31)18-7-4-16(5-8-18)20(14-17-6-11-22(28)24-17)21-10-9-19(15-2-3-15)23(29)25-21/h4-5,7-10,14-15,17,27H,2-3,6,11-13H2,1H3,(H,24,28)(H,25,29)/b20-14+/t17-/m1/s1. The van der Waals surface area contributed by atoms with E-state index in [2.05, 4.69) is 10.3 Å². The highest BCUT2D eigenvalue weighted by molar-refractivity contribution is 7.89. The number of hydrogen-bond acceptors (Lipinski definition) is 5. The van der Waals surface area contributed by atoms with Gasteiger partial charge in [0.2, 0.25) is 15.9 Å². The van der Waals surface area contributed by atoms with E-state index in [0.717, 1.165) is 33.8 Å². The summed E-state index contributed by atoms with van der Waals surface area (Å²) < 4.78 is 26.4. The zero-order valence-electron chi connectivity index (χ0n) is 17.9. The Balaban J connectivity index is 1.70. The van der Waals surface area contributed by atoms with E-state index in [9.17, 15) is 18.0 Å². The lowest BCUT2D eigenvalue weighted by Gasteiger charge is -2.17. The molecule has 2 aliphatic rings. The molecular formula is C23H27N3O5S. The number of carbonyl (C=O) groups excluding carboxylic acids is 1. The van der Waals surface area contributed by atoms with Crippen LogP contribution < -0.4 is 10.9 Å². The molecule has 2 aromatic rings. The fraction of sp³-hybridized carbons (Fsp3) is 0.391. The van der Waals surface area contributed by atoms with Gasteiger partial charge in [-0.15, -0.1) is 0 Å². The number of aromatic nitrogens is 1. The summed E-state index contributed by atoms with van der Waals surface area (Å²) in [4.78, 5) is 27.4. The van der Waals surface area contributed by atoms with Gasteiger partial charge in [-0.3, -0.25) is 9.59 Å². The number of rotatable bonds is 8. The number of benzene rings is 1. The summed E-state index contributed by atoms with van der Waals surface area (Å²) in [6.45, 7) is -0.261. The number of aromatic amines is 1. The van der Waals surface area contributed by atoms with Gasteiger partial charge in [0.25, 0.3) is 5.56 Å². The van der Waals surface area contributed by atoms with Crippen molar-refractivity contribution in [1.29, 1.82) is 0 Å². The minimum absolute atomic E-state index is 0.00515. The Labute approximate surface area is 187 Å². The quantitative estimate of drug-likeness (QED) is 0.556. The van der Waals surface area contributed by atoms with Crippen LogP contribution in [0.4, 0.5) is 0 Å². The molecule has 2 fully saturated rings. The second-order valence-corrected chi connectivity index (χ2v) is 10.3. The lowest BCUT2D eigenvalue weighted by molar-refractivity contribution is -0.119. The van der Waals surface area contributed by atoms with E-state index in [4.69, 9.17) is 5.11 Å². The number of H-pyrrole nitrogens is 1. The van der Waals surface area contributed by atoms with Crippen LogP contribution in [-0.2, 0) is 14.8 Å². The summed E-state index contributed by atoms with van der Waals surface area (Å²) >= 11 is 0. The predicted molar refractivity (Wildman–Crippen MR) is 121 cm³/mol. The van der Waals surface area contributed by atoms with Crippen molar-refractivity contribution in [2.24, 2.45) is 0 Å². The Morgan fingerprint density at radius 2 is 1.84 bits per heavy atom. The van der Waals surface area contributed by atoms with Crippen LogP contribution >= 0.6 is 0 Å². The zero-order chi connectivity index (χ0) is 22.9. The van der Waals surface area contributed by atoms with Crippen molar-refractivity contribution < 1.29 is 18.3 Å². The molecule has 3 N–H and O–H groups in total. The summed E-state index contributed by atoms with van der Waals surface area (Å²) in [7, 11) is -2.30. The topological polar surface area (TPSA) is 120 Å². The third kappa shape index (κ3) is 4.69. The average molecular weight is 458 g/mol. The van der Waals surface area contributed by atoms with Crippen molar-refractivity contribution >= 4 is 21.5 Å². The van der Waals surface area contributed by atoms with Crippen LogP contribution in [0.3, 0.4) is 0 Å². The molecule has 32 heavy (non-hydrogen) atoms. The lowest BCUT2D eigenvalue weighted by Crippen LogP contribution is -2.29. The molecule has 1 aliphatic heterocycles. The number of pyridine rings is 1. The van der Waals surface area contributed by atoms with Crippen LogP contribution in [0.25, 0.3) is 5.57 Å². The number of amides is 1. The van der Waals surface area contributed by atoms with Gasteiger partial charge >= 0.3 is 0 Å². The monoisotopic (exact) mass is 457 g/mol. The molecule has 1 amide bonds. The summed E-state index contributed by atoms with van der Waals surface area (Å²) in [5.74, 6) is 0.311. The Morgan fingerprint density at radius 3 is 2.41 bits per heavy atom. The molecule has 2 heterocycles. The van der Waals surface area contributed by atoms with Gasteiger partial charge in [-0.25, -0.2) is 8.42 Å². The Bertz CT molecular complexity index is 1200. The Hall–Kier alpha value is -2.75. The Kier molecular flexibility index (Phi) is 6.32. The first-order chi connectivity index (χ1) is 15.3. The summed E-state index contributed by atoms with van der Waals surface area (Å²) in [5, 5.41) is 12.0. The minimum Gasteiger partial charge on any atom is -0.395 e. The van der Waals surface area contributed by atoms with Crippen molar-refractivity contribution in [1.82, 2.24) is 14.6 Å². The lowest BCUT2D eigenvalue weighted by atomic mass is 9.98. The van der Waals surface area contributed by atoms with E-state index in [1.165, 1.54) is 19.2 Å². The normalized spacial score (nSPS) is 19.4. The number of nitrogens with zero attached hydrogens (tertiary/aromatic N) is 1. The molecule has 0 radical (unpaired) electrons. The van der Waals surface area contributed by atoms with Crippen LogP contribution in [-0.4, -0.2) is 55.0 Å². The number of hydrogen-bond donors (Lipinski definition) is 3. The van der Waals surface area contributed by atoms with Crippen molar-refractivity contribution in [2.75, 3.05) is 20.2 Å². The average Bonchev–Trinajstić information content (AvgIpc) is 3.53. The van der Waals surface area contributed by atoms with E-state index >= 15 is 0 Å². The molecule has 9 heteroatoms. The molecule has 8 nitrogen and oxygen atoms in total. The summed E-state index contributed by atoms with van der Waals surface area (Å²) in [5.41, 5.74) is 2.74. The van der Waals surface area contributed by atoms with Gasteiger partial charge in [-0.05, 0) is 48.9 Å². The first-order valence-electron chi connectivity index (χ1n) is 10.7. The zero-order valence-corrected chi connectivity index (χ0v) is 18.7. The minimum atomic E-state index is -3.71. The molecule has 0 unspecified atom stereocenters. The number of sulfonamides is 1. The molecule has 170 valence electrons. The number of nitrogens with one attached hydrogen (secondary N) is 2. The molecule has 1 atom stereocenters. The molecule has 1 aromatic carbocycles. The maximum absolute atomic E-state index is 12.6. The molecule has 0 spiro atoms. The fourth-order valence-electron chi connectivity index (χ4n) is 3.91. The second-order valence-electron chi connectivity index (χ2n) is 8.30. The first kappa shape index (κ1) is 22.4. The van der Waals surface area contributed by atoms with Crippen LogP contribution in [0, 0.1) is 0 Å². The van der Waals surface area contributed by atoms with Crippen LogP contribution in [0.15, 0.2) is 52.2 Å². The van der Waals surface area contributed by atoms with Crippen molar-refractivity contribution in [3.05, 3.63) is 69.6 Å². The highest BCUT2D eigenvalue weighted by Crippen LogP contribution is 2.38. The number of aliphatic hydroxyl groups excluding tert-OH is 1. The third-order valence-corrected chi connectivity index (χ3v) is 7.80. The molecule has 0 bridgehead atoms. The highest BCUT2D eigenvalue weighted by atomic mass is 32.2. The van der Waals surface area contributed by atoms with Crippen molar-refractivity contribution in [3.8, 4) is 0 Å². The molecular weight excluding hydrogens is 430 g/mol. The summed E-state index contributed by atoms with van der Waals surface area (Å²) in [6.07, 6.45) is 5.07. The molecule has 1 aromatic heterocycles. The Morgan fingerprint density at radius 1 is 1.12 bits per heavy atom. The predicted octanol–water partition coefficient (Wildman–Crippen LogP) is 1.58. The van der Waals surface area contributed by atoms with Gasteiger partial charge in [-0.1, -0.05) is 24.3 Å². The molecule has 4 rings (SSSR count). The smallest absolute Gasteiger partial charge is 0.251 e. The van der Waals surface area contributed by atoms with Gasteiger partial charge in [0, 0.05) is 42.9 Å². The third-order valence-electron chi connectivity index (χ3n) is 5.93. The highest BCUT2D eigenvalue weighted by Gasteiger charge is 2.27. The largest absolute Gasteiger partial charge is 0.395 e. The fourth-order valence-corrected chi connectivity index (χ4v) is 5.07. The molecule has 1 saturated carbocycles. The van der Waals surface area contributed by atoms with Crippen molar-refractivity contribution in [2.45, 2.75) is 42.5 Å². The first-order valence-corrected chi connectivity index (χ1v) is 12.2. The number of aliphatic hydroxyl groups is 1. The van der Waals surface area contributed by atoms with Gasteiger partial charge in [0.05, 0.1) is 11.5 Å². The number of carbonyl (C=O) groups is 1. The maximum atomic E-state index is 12.6. The maximum Gasteiger partial charge on any atom is 0.251 e. The molecule has 1 saturated heterocycles. The summed E-state index contributed by atoms with van der Waals surface area (Å²) in [6, 6.07) is 9.97. The van der Waals surface area contributed by atoms with Gasteiger partial charge in [-0.2, -0.15) is 4.31 Å². The van der Waals surface area contributed by atoms with Crippen LogP contribution in [0.2, 0.25) is 0 Å². The van der Waals surface area contributed by atoms with E-state index < -0.39 is 10.0 Å². The van der Waals surface area contributed by atoms with Gasteiger partial charge < -0.3 is 15.4 Å². The van der Waals surface area contributed by atoms with Gasteiger partial charge in [0.1, 0.15) is 0 Å². The SMILES string of the molecule is CN(CCO)S(=O)(=O)c1ccc(/C(=C\[C@H]2CCC(=O)N2)c2ccc(C3CC3)c(=O)[nH]2)cc1. The van der Waals surface area contributed by atoms with E-state index in [1.54, 1.807) is 12.1 Å².